The van der Waals surface area contributed by atoms with E-state index in [2.05, 4.69) is 23.8 Å². The molecule has 0 spiro atoms. The maximum absolute atomic E-state index is 13.9. The van der Waals surface area contributed by atoms with Crippen LogP contribution >= 0.6 is 0 Å². The van der Waals surface area contributed by atoms with Crippen molar-refractivity contribution in [1.29, 1.82) is 0 Å². The fraction of sp³-hybridized carbons (Fsp3) is 0.680. The first-order chi connectivity index (χ1) is 14.5. The van der Waals surface area contributed by atoms with Crippen LogP contribution in [0.3, 0.4) is 0 Å². The molecule has 2 saturated carbocycles. The number of hydrogen-bond donors (Lipinski definition) is 0. The summed E-state index contributed by atoms with van der Waals surface area (Å²) in [4.78, 5) is 0. The number of alkyl halides is 2. The van der Waals surface area contributed by atoms with Crippen molar-refractivity contribution in [3.8, 4) is 5.75 Å². The molecule has 0 atom stereocenters. The van der Waals surface area contributed by atoms with Crippen LogP contribution in [0.15, 0.2) is 24.3 Å². The van der Waals surface area contributed by atoms with Crippen LogP contribution in [-0.4, -0.2) is 6.61 Å². The Balaban J connectivity index is 1.41. The summed E-state index contributed by atoms with van der Waals surface area (Å²) in [5.41, 5.74) is 0.508. The molecular formula is C25H34F4O. The Morgan fingerprint density at radius 1 is 0.900 bits per heavy atom. The average Bonchev–Trinajstić information content (AvgIpc) is 2.74. The van der Waals surface area contributed by atoms with Gasteiger partial charge in [0.15, 0.2) is 17.4 Å². The molecule has 0 aliphatic heterocycles. The van der Waals surface area contributed by atoms with E-state index in [9.17, 15) is 17.6 Å². The van der Waals surface area contributed by atoms with E-state index >= 15 is 0 Å². The fourth-order valence-electron chi connectivity index (χ4n) is 5.50. The zero-order valence-electron chi connectivity index (χ0n) is 17.9. The van der Waals surface area contributed by atoms with Crippen LogP contribution in [0.4, 0.5) is 17.6 Å². The van der Waals surface area contributed by atoms with Crippen LogP contribution in [0.5, 0.6) is 5.75 Å². The number of halogens is 4. The van der Waals surface area contributed by atoms with Crippen LogP contribution in [0.2, 0.25) is 0 Å². The molecule has 2 fully saturated rings. The van der Waals surface area contributed by atoms with E-state index in [1.54, 1.807) is 0 Å². The SMILES string of the molecule is C/C=C/CC1CCC(C2CCC(CCc3cc(F)c(OC(F)F)c(F)c3)CC2)CC1. The fourth-order valence-corrected chi connectivity index (χ4v) is 5.50. The minimum Gasteiger partial charge on any atom is -0.429 e. The van der Waals surface area contributed by atoms with Crippen molar-refractivity contribution in [2.24, 2.45) is 23.7 Å². The van der Waals surface area contributed by atoms with Gasteiger partial charge in [-0.25, -0.2) is 8.78 Å². The zero-order valence-corrected chi connectivity index (χ0v) is 17.9. The van der Waals surface area contributed by atoms with Crippen molar-refractivity contribution in [3.05, 3.63) is 41.5 Å². The molecule has 0 aromatic heterocycles. The molecule has 3 rings (SSSR count). The summed E-state index contributed by atoms with van der Waals surface area (Å²) in [5, 5.41) is 0. The molecule has 168 valence electrons. The third-order valence-electron chi connectivity index (χ3n) is 7.26. The molecule has 0 unspecified atom stereocenters. The number of aryl methyl sites for hydroxylation is 1. The molecule has 1 aromatic carbocycles. The molecule has 0 amide bonds. The van der Waals surface area contributed by atoms with Crippen molar-refractivity contribution in [2.45, 2.75) is 84.2 Å². The van der Waals surface area contributed by atoms with Crippen LogP contribution in [0.25, 0.3) is 0 Å². The number of benzene rings is 1. The average molecular weight is 427 g/mol. The van der Waals surface area contributed by atoms with E-state index in [4.69, 9.17) is 0 Å². The Labute approximate surface area is 177 Å². The maximum Gasteiger partial charge on any atom is 0.387 e. The third kappa shape index (κ3) is 6.49. The smallest absolute Gasteiger partial charge is 0.387 e. The molecule has 2 aliphatic rings. The van der Waals surface area contributed by atoms with Crippen LogP contribution in [0, 0.1) is 35.3 Å². The Morgan fingerprint density at radius 2 is 1.43 bits per heavy atom. The second-order valence-electron chi connectivity index (χ2n) is 9.17. The number of ether oxygens (including phenoxy) is 1. The van der Waals surface area contributed by atoms with Crippen molar-refractivity contribution in [1.82, 2.24) is 0 Å². The van der Waals surface area contributed by atoms with Gasteiger partial charge in [0.25, 0.3) is 0 Å². The molecule has 1 nitrogen and oxygen atoms in total. The lowest BCUT2D eigenvalue weighted by Crippen LogP contribution is -2.26. The maximum atomic E-state index is 13.9. The van der Waals surface area contributed by atoms with Gasteiger partial charge < -0.3 is 4.74 Å². The highest BCUT2D eigenvalue weighted by molar-refractivity contribution is 5.31. The number of hydrogen-bond acceptors (Lipinski definition) is 1. The van der Waals surface area contributed by atoms with Crippen molar-refractivity contribution in [3.63, 3.8) is 0 Å². The van der Waals surface area contributed by atoms with Crippen molar-refractivity contribution in [2.75, 3.05) is 0 Å². The predicted molar refractivity (Wildman–Crippen MR) is 112 cm³/mol. The normalized spacial score (nSPS) is 27.7. The summed E-state index contributed by atoms with van der Waals surface area (Å²) < 4.78 is 56.2. The number of allylic oxidation sites excluding steroid dienone is 2. The molecular weight excluding hydrogens is 392 g/mol. The largest absolute Gasteiger partial charge is 0.429 e. The van der Waals surface area contributed by atoms with E-state index < -0.39 is 24.0 Å². The molecule has 0 N–H and O–H groups in total. The van der Waals surface area contributed by atoms with Gasteiger partial charge in [-0.1, -0.05) is 25.0 Å². The molecule has 0 bridgehead atoms. The first kappa shape index (κ1) is 23.1. The van der Waals surface area contributed by atoms with Gasteiger partial charge in [-0.05, 0) is 106 Å². The number of rotatable bonds is 8. The highest BCUT2D eigenvalue weighted by Gasteiger charge is 2.30. The van der Waals surface area contributed by atoms with Crippen molar-refractivity contribution >= 4 is 0 Å². The van der Waals surface area contributed by atoms with Gasteiger partial charge in [-0.2, -0.15) is 8.78 Å². The highest BCUT2D eigenvalue weighted by Crippen LogP contribution is 2.43. The summed E-state index contributed by atoms with van der Waals surface area (Å²) in [6, 6.07) is 2.25. The predicted octanol–water partition coefficient (Wildman–Crippen LogP) is 8.08. The molecule has 2 aliphatic carbocycles. The molecule has 5 heteroatoms. The first-order valence-corrected chi connectivity index (χ1v) is 11.5. The van der Waals surface area contributed by atoms with Crippen LogP contribution < -0.4 is 4.74 Å². The van der Waals surface area contributed by atoms with Gasteiger partial charge >= 0.3 is 6.61 Å². The summed E-state index contributed by atoms with van der Waals surface area (Å²) >= 11 is 0. The molecule has 0 radical (unpaired) electrons. The monoisotopic (exact) mass is 426 g/mol. The van der Waals surface area contributed by atoms with Crippen molar-refractivity contribution < 1.29 is 22.3 Å². The second-order valence-corrected chi connectivity index (χ2v) is 9.17. The van der Waals surface area contributed by atoms with Gasteiger partial charge in [-0.15, -0.1) is 0 Å². The van der Waals surface area contributed by atoms with Crippen LogP contribution in [-0.2, 0) is 6.42 Å². The molecule has 30 heavy (non-hydrogen) atoms. The molecule has 0 heterocycles. The van der Waals surface area contributed by atoms with E-state index in [0.29, 0.717) is 17.9 Å². The lowest BCUT2D eigenvalue weighted by atomic mass is 9.68. The van der Waals surface area contributed by atoms with E-state index in [-0.39, 0.29) is 0 Å². The molecule has 1 aromatic rings. The minimum absolute atomic E-state index is 0.508. The minimum atomic E-state index is -3.24. The summed E-state index contributed by atoms with van der Waals surface area (Å²) in [7, 11) is 0. The summed E-state index contributed by atoms with van der Waals surface area (Å²) in [6.07, 6.45) is 17.5. The second kappa shape index (κ2) is 11.2. The first-order valence-electron chi connectivity index (χ1n) is 11.5. The van der Waals surface area contributed by atoms with E-state index in [1.165, 1.54) is 57.8 Å². The quantitative estimate of drug-likeness (QED) is 0.302. The third-order valence-corrected chi connectivity index (χ3v) is 7.26. The highest BCUT2D eigenvalue weighted by atomic mass is 19.3. The van der Waals surface area contributed by atoms with Gasteiger partial charge in [0, 0.05) is 0 Å². The summed E-state index contributed by atoms with van der Waals surface area (Å²) in [5.74, 6) is 0.0539. The van der Waals surface area contributed by atoms with Gasteiger partial charge in [-0.3, -0.25) is 0 Å². The zero-order chi connectivity index (χ0) is 21.5. The van der Waals surface area contributed by atoms with E-state index in [0.717, 1.165) is 36.3 Å². The van der Waals surface area contributed by atoms with Gasteiger partial charge in [0.2, 0.25) is 0 Å². The van der Waals surface area contributed by atoms with Gasteiger partial charge in [0.1, 0.15) is 0 Å². The lowest BCUT2D eigenvalue weighted by Gasteiger charge is -2.37. The van der Waals surface area contributed by atoms with E-state index in [1.807, 2.05) is 0 Å². The van der Waals surface area contributed by atoms with Gasteiger partial charge in [0.05, 0.1) is 0 Å². The Kier molecular flexibility index (Phi) is 8.64. The standard InChI is InChI=1S/C25H34F4O/c1-2-3-4-17-7-11-20(12-8-17)21-13-9-18(10-14-21)5-6-19-15-22(26)24(23(27)16-19)30-25(28)29/h2-3,15-18,20-21,25H,4-14H2,1H3/b3-2+. The summed E-state index contributed by atoms with van der Waals surface area (Å²) in [6.45, 7) is -1.15. The molecule has 0 saturated heterocycles. The lowest BCUT2D eigenvalue weighted by molar-refractivity contribution is -0.0546. The topological polar surface area (TPSA) is 9.23 Å². The Hall–Kier alpha value is -1.52. The van der Waals surface area contributed by atoms with Crippen LogP contribution in [0.1, 0.15) is 76.7 Å². The Bertz CT molecular complexity index is 663. The Morgan fingerprint density at radius 3 is 1.93 bits per heavy atom.